The molecule has 1 aromatic rings. The van der Waals surface area contributed by atoms with Crippen molar-refractivity contribution >= 4 is 35.2 Å². The molecule has 6 heteroatoms. The molecule has 0 bridgehead atoms. The molecular weight excluding hydrogens is 290 g/mol. The van der Waals surface area contributed by atoms with E-state index < -0.39 is 5.25 Å². The highest BCUT2D eigenvalue weighted by Crippen LogP contribution is 2.30. The van der Waals surface area contributed by atoms with Gasteiger partial charge in [-0.25, -0.2) is 4.90 Å². The molecule has 21 heavy (non-hydrogen) atoms. The van der Waals surface area contributed by atoms with Crippen LogP contribution < -0.4 is 4.90 Å². The number of amides is 2. The van der Waals surface area contributed by atoms with Crippen LogP contribution in [-0.2, 0) is 19.1 Å². The number of methoxy groups -OCH3 is 1. The fourth-order valence-electron chi connectivity index (χ4n) is 2.09. The van der Waals surface area contributed by atoms with Crippen LogP contribution in [-0.4, -0.2) is 35.9 Å². The van der Waals surface area contributed by atoms with Gasteiger partial charge in [0.2, 0.25) is 11.8 Å². The topological polar surface area (TPSA) is 63.7 Å². The van der Waals surface area contributed by atoms with E-state index >= 15 is 0 Å². The summed E-state index contributed by atoms with van der Waals surface area (Å²) < 4.78 is 4.55. The van der Waals surface area contributed by atoms with Crippen molar-refractivity contribution in [3.8, 4) is 0 Å². The number of aryl methyl sites for hydroxylation is 1. The molecular formula is C15H17NO4S. The lowest BCUT2D eigenvalue weighted by Gasteiger charge is -2.15. The lowest BCUT2D eigenvalue weighted by atomic mass is 10.2. The Morgan fingerprint density at radius 2 is 2.00 bits per heavy atom. The van der Waals surface area contributed by atoms with Gasteiger partial charge in [0.1, 0.15) is 0 Å². The predicted molar refractivity (Wildman–Crippen MR) is 81.2 cm³/mol. The van der Waals surface area contributed by atoms with Gasteiger partial charge in [-0.1, -0.05) is 17.7 Å². The number of nitrogens with zero attached hydrogens (tertiary/aromatic N) is 1. The van der Waals surface area contributed by atoms with E-state index in [1.165, 1.54) is 23.8 Å². The first-order chi connectivity index (χ1) is 10.0. The van der Waals surface area contributed by atoms with Crippen LogP contribution in [0.25, 0.3) is 0 Å². The van der Waals surface area contributed by atoms with Crippen LogP contribution in [0.1, 0.15) is 18.4 Å². The molecule has 0 radical (unpaired) electrons. The zero-order valence-electron chi connectivity index (χ0n) is 12.0. The number of benzene rings is 1. The molecule has 1 fully saturated rings. The number of anilines is 1. The first-order valence-corrected chi connectivity index (χ1v) is 7.69. The molecule has 1 unspecified atom stereocenters. The molecule has 0 saturated carbocycles. The van der Waals surface area contributed by atoms with E-state index in [4.69, 9.17) is 0 Å². The highest BCUT2D eigenvalue weighted by atomic mass is 32.2. The molecule has 1 aromatic carbocycles. The third-order valence-electron chi connectivity index (χ3n) is 3.25. The van der Waals surface area contributed by atoms with Crippen LogP contribution in [0.4, 0.5) is 5.69 Å². The van der Waals surface area contributed by atoms with Crippen molar-refractivity contribution < 1.29 is 19.1 Å². The second kappa shape index (κ2) is 6.76. The summed E-state index contributed by atoms with van der Waals surface area (Å²) in [5, 5.41) is -0.413. The predicted octanol–water partition coefficient (Wildman–Crippen LogP) is 1.92. The molecule has 1 aliphatic heterocycles. The Kier molecular flexibility index (Phi) is 5.01. The van der Waals surface area contributed by atoms with Crippen molar-refractivity contribution in [3.63, 3.8) is 0 Å². The van der Waals surface area contributed by atoms with Gasteiger partial charge in [-0.3, -0.25) is 14.4 Å². The Bertz CT molecular complexity index is 555. The van der Waals surface area contributed by atoms with Crippen molar-refractivity contribution in [1.82, 2.24) is 0 Å². The van der Waals surface area contributed by atoms with Crippen LogP contribution in [0, 0.1) is 6.92 Å². The number of thioether (sulfide) groups is 1. The standard InChI is InChI=1S/C15H17NO4S/c1-10-3-5-11(6-4-10)16-13(17)9-12(15(16)19)21-8-7-14(18)20-2/h3-6,12H,7-9H2,1-2H3. The Morgan fingerprint density at radius 3 is 2.62 bits per heavy atom. The van der Waals surface area contributed by atoms with Crippen LogP contribution in [0.15, 0.2) is 24.3 Å². The number of carbonyl (C=O) groups excluding carboxylic acids is 3. The molecule has 1 aliphatic rings. The van der Waals surface area contributed by atoms with E-state index in [0.29, 0.717) is 11.4 Å². The van der Waals surface area contributed by atoms with Crippen molar-refractivity contribution in [3.05, 3.63) is 29.8 Å². The van der Waals surface area contributed by atoms with E-state index in [0.717, 1.165) is 5.56 Å². The second-order valence-corrected chi connectivity index (χ2v) is 6.10. The van der Waals surface area contributed by atoms with Crippen molar-refractivity contribution in [2.75, 3.05) is 17.8 Å². The average molecular weight is 307 g/mol. The summed E-state index contributed by atoms with van der Waals surface area (Å²) in [6.45, 7) is 1.95. The number of imide groups is 1. The first kappa shape index (κ1) is 15.6. The Morgan fingerprint density at radius 1 is 1.33 bits per heavy atom. The molecule has 5 nitrogen and oxygen atoms in total. The lowest BCUT2D eigenvalue weighted by Crippen LogP contribution is -2.31. The van der Waals surface area contributed by atoms with Crippen LogP contribution in [0.3, 0.4) is 0 Å². The average Bonchev–Trinajstić information content (AvgIpc) is 2.75. The first-order valence-electron chi connectivity index (χ1n) is 6.65. The summed E-state index contributed by atoms with van der Waals surface area (Å²) in [7, 11) is 1.33. The summed E-state index contributed by atoms with van der Waals surface area (Å²) in [5.41, 5.74) is 1.67. The van der Waals surface area contributed by atoms with Crippen LogP contribution in [0.5, 0.6) is 0 Å². The largest absolute Gasteiger partial charge is 0.469 e. The number of carbonyl (C=O) groups is 3. The zero-order chi connectivity index (χ0) is 15.4. The van der Waals surface area contributed by atoms with Crippen molar-refractivity contribution in [2.24, 2.45) is 0 Å². The number of hydrogen-bond acceptors (Lipinski definition) is 5. The van der Waals surface area contributed by atoms with Gasteiger partial charge in [-0.05, 0) is 19.1 Å². The molecule has 2 amide bonds. The van der Waals surface area contributed by atoms with Gasteiger partial charge in [-0.15, -0.1) is 11.8 Å². The molecule has 0 aliphatic carbocycles. The summed E-state index contributed by atoms with van der Waals surface area (Å²) in [5.74, 6) is -0.245. The molecule has 0 aromatic heterocycles. The minimum absolute atomic E-state index is 0.179. The molecule has 0 spiro atoms. The Hall–Kier alpha value is -1.82. The highest BCUT2D eigenvalue weighted by molar-refractivity contribution is 8.00. The zero-order valence-corrected chi connectivity index (χ0v) is 12.8. The molecule has 1 heterocycles. The highest BCUT2D eigenvalue weighted by Gasteiger charge is 2.39. The molecule has 2 rings (SSSR count). The second-order valence-electron chi connectivity index (χ2n) is 4.79. The molecule has 1 saturated heterocycles. The molecule has 0 N–H and O–H groups in total. The maximum Gasteiger partial charge on any atom is 0.306 e. The lowest BCUT2D eigenvalue weighted by molar-refractivity contribution is -0.140. The summed E-state index contributed by atoms with van der Waals surface area (Å²) in [6, 6.07) is 7.28. The number of rotatable bonds is 5. The fraction of sp³-hybridized carbons (Fsp3) is 0.400. The van der Waals surface area contributed by atoms with E-state index in [9.17, 15) is 14.4 Å². The fourth-order valence-corrected chi connectivity index (χ4v) is 3.16. The van der Waals surface area contributed by atoms with Crippen molar-refractivity contribution in [2.45, 2.75) is 25.0 Å². The normalized spacial score (nSPS) is 18.2. The third kappa shape index (κ3) is 3.64. The van der Waals surface area contributed by atoms with E-state index in [1.807, 2.05) is 19.1 Å². The summed E-state index contributed by atoms with van der Waals surface area (Å²) >= 11 is 1.33. The van der Waals surface area contributed by atoms with Gasteiger partial charge in [0.15, 0.2) is 0 Å². The van der Waals surface area contributed by atoms with E-state index in [-0.39, 0.29) is 30.6 Å². The van der Waals surface area contributed by atoms with Gasteiger partial charge in [0.25, 0.3) is 0 Å². The number of esters is 1. The minimum Gasteiger partial charge on any atom is -0.469 e. The van der Waals surface area contributed by atoms with Gasteiger partial charge in [0, 0.05) is 12.2 Å². The SMILES string of the molecule is COC(=O)CCSC1CC(=O)N(c2ccc(C)cc2)C1=O. The van der Waals surface area contributed by atoms with Gasteiger partial charge in [-0.2, -0.15) is 0 Å². The van der Waals surface area contributed by atoms with E-state index in [1.54, 1.807) is 12.1 Å². The van der Waals surface area contributed by atoms with Crippen LogP contribution in [0.2, 0.25) is 0 Å². The smallest absolute Gasteiger partial charge is 0.306 e. The van der Waals surface area contributed by atoms with Gasteiger partial charge < -0.3 is 4.74 Å². The molecule has 1 atom stereocenters. The number of ether oxygens (including phenoxy) is 1. The Labute approximate surface area is 127 Å². The monoisotopic (exact) mass is 307 g/mol. The summed E-state index contributed by atoms with van der Waals surface area (Å²) in [4.78, 5) is 36.6. The van der Waals surface area contributed by atoms with Crippen molar-refractivity contribution in [1.29, 1.82) is 0 Å². The quantitative estimate of drug-likeness (QED) is 0.614. The maximum absolute atomic E-state index is 12.3. The summed E-state index contributed by atoms with van der Waals surface area (Å²) in [6.07, 6.45) is 0.419. The van der Waals surface area contributed by atoms with E-state index in [2.05, 4.69) is 4.74 Å². The van der Waals surface area contributed by atoms with Crippen LogP contribution >= 0.6 is 11.8 Å². The number of hydrogen-bond donors (Lipinski definition) is 0. The van der Waals surface area contributed by atoms with Gasteiger partial charge >= 0.3 is 5.97 Å². The molecule has 112 valence electrons. The Balaban J connectivity index is 1.99. The minimum atomic E-state index is -0.413. The maximum atomic E-state index is 12.3. The van der Waals surface area contributed by atoms with Gasteiger partial charge in [0.05, 0.1) is 24.5 Å². The third-order valence-corrected chi connectivity index (χ3v) is 4.46.